The van der Waals surface area contributed by atoms with Crippen molar-refractivity contribution in [1.82, 2.24) is 9.21 Å². The average molecular weight is 420 g/mol. The van der Waals surface area contributed by atoms with Crippen LogP contribution >= 0.6 is 11.8 Å². The second-order valence-corrected chi connectivity index (χ2v) is 9.50. The van der Waals surface area contributed by atoms with Crippen LogP contribution < -0.4 is 5.32 Å². The van der Waals surface area contributed by atoms with E-state index in [9.17, 15) is 13.2 Å². The maximum Gasteiger partial charge on any atom is 0.243 e. The van der Waals surface area contributed by atoms with Crippen molar-refractivity contribution in [3.8, 4) is 0 Å². The van der Waals surface area contributed by atoms with Crippen molar-refractivity contribution in [2.45, 2.75) is 23.3 Å². The quantitative estimate of drug-likeness (QED) is 0.729. The van der Waals surface area contributed by atoms with Gasteiger partial charge in [0, 0.05) is 44.5 Å². The van der Waals surface area contributed by atoms with Gasteiger partial charge in [0.2, 0.25) is 15.9 Å². The zero-order chi connectivity index (χ0) is 20.1. The van der Waals surface area contributed by atoms with Crippen LogP contribution in [0.2, 0.25) is 0 Å². The van der Waals surface area contributed by atoms with Crippen molar-refractivity contribution in [3.05, 3.63) is 54.1 Å². The molecule has 150 valence electrons. The van der Waals surface area contributed by atoms with Gasteiger partial charge < -0.3 is 5.32 Å². The lowest BCUT2D eigenvalue weighted by molar-refractivity contribution is -0.114. The molecule has 6 nitrogen and oxygen atoms in total. The number of nitrogens with zero attached hydrogens (tertiary/aromatic N) is 2. The summed E-state index contributed by atoms with van der Waals surface area (Å²) < 4.78 is 27.7. The predicted octanol–water partition coefficient (Wildman–Crippen LogP) is 2.87. The minimum atomic E-state index is -3.60. The van der Waals surface area contributed by atoms with Crippen LogP contribution in [-0.4, -0.2) is 56.0 Å². The summed E-state index contributed by atoms with van der Waals surface area (Å²) in [5.41, 5.74) is 1.76. The Morgan fingerprint density at radius 1 is 1.07 bits per heavy atom. The third-order valence-electron chi connectivity index (χ3n) is 4.70. The van der Waals surface area contributed by atoms with Gasteiger partial charge >= 0.3 is 0 Å². The first-order chi connectivity index (χ1) is 13.4. The van der Waals surface area contributed by atoms with E-state index in [2.05, 4.69) is 22.3 Å². The lowest BCUT2D eigenvalue weighted by Gasteiger charge is -2.34. The maximum atomic E-state index is 13.1. The molecule has 1 aliphatic rings. The van der Waals surface area contributed by atoms with Gasteiger partial charge in [0.15, 0.2) is 0 Å². The molecule has 0 atom stereocenters. The van der Waals surface area contributed by atoms with Crippen LogP contribution in [0.3, 0.4) is 0 Å². The van der Waals surface area contributed by atoms with Crippen LogP contribution in [0.15, 0.2) is 58.3 Å². The molecule has 8 heteroatoms. The largest absolute Gasteiger partial charge is 0.325 e. The van der Waals surface area contributed by atoms with Crippen molar-refractivity contribution in [2.24, 2.45) is 0 Å². The van der Waals surface area contributed by atoms with Crippen LogP contribution in [0, 0.1) is 0 Å². The van der Waals surface area contributed by atoms with E-state index in [0.717, 1.165) is 11.4 Å². The standard InChI is InChI=1S/C20H25N3O3S2/c1-16(24)21-19-14-18(8-9-20(19)27-2)28(25,26)23-12-10-22(11-13-23)15-17-6-4-3-5-7-17/h3-9,14H,10-13,15H2,1-2H3,(H,21,24). The lowest BCUT2D eigenvalue weighted by atomic mass is 10.2. The Labute approximate surface area is 171 Å². The smallest absolute Gasteiger partial charge is 0.243 e. The monoisotopic (exact) mass is 419 g/mol. The maximum absolute atomic E-state index is 13.1. The summed E-state index contributed by atoms with van der Waals surface area (Å²) in [5, 5.41) is 2.72. The van der Waals surface area contributed by atoms with Crippen LogP contribution in [0.5, 0.6) is 0 Å². The molecule has 1 saturated heterocycles. The van der Waals surface area contributed by atoms with Gasteiger partial charge in [-0.2, -0.15) is 4.31 Å². The highest BCUT2D eigenvalue weighted by atomic mass is 32.2. The SMILES string of the molecule is CSc1ccc(S(=O)(=O)N2CCN(Cc3ccccc3)CC2)cc1NC(C)=O. The molecule has 0 saturated carbocycles. The summed E-state index contributed by atoms with van der Waals surface area (Å²) in [5.74, 6) is -0.223. The highest BCUT2D eigenvalue weighted by Gasteiger charge is 2.29. The molecule has 3 rings (SSSR count). The summed E-state index contributed by atoms with van der Waals surface area (Å²) in [7, 11) is -3.60. The van der Waals surface area contributed by atoms with Crippen molar-refractivity contribution in [2.75, 3.05) is 37.8 Å². The highest BCUT2D eigenvalue weighted by molar-refractivity contribution is 7.98. The number of piperazine rings is 1. The van der Waals surface area contributed by atoms with Gasteiger partial charge in [-0.3, -0.25) is 9.69 Å². The van der Waals surface area contributed by atoms with E-state index < -0.39 is 10.0 Å². The summed E-state index contributed by atoms with van der Waals surface area (Å²) in [6, 6.07) is 15.1. The second-order valence-electron chi connectivity index (χ2n) is 6.71. The van der Waals surface area contributed by atoms with E-state index in [1.165, 1.54) is 28.6 Å². The van der Waals surface area contributed by atoms with E-state index >= 15 is 0 Å². The number of hydrogen-bond donors (Lipinski definition) is 1. The van der Waals surface area contributed by atoms with E-state index in [1.807, 2.05) is 24.5 Å². The number of hydrogen-bond acceptors (Lipinski definition) is 5. The molecule has 1 amide bonds. The van der Waals surface area contributed by atoms with Gasteiger partial charge in [-0.25, -0.2) is 8.42 Å². The molecule has 2 aromatic carbocycles. The minimum Gasteiger partial charge on any atom is -0.325 e. The third-order valence-corrected chi connectivity index (χ3v) is 7.39. The Bertz CT molecular complexity index is 925. The first-order valence-electron chi connectivity index (χ1n) is 9.12. The van der Waals surface area contributed by atoms with Gasteiger partial charge in [0.25, 0.3) is 0 Å². The van der Waals surface area contributed by atoms with Crippen LogP contribution in [0.4, 0.5) is 5.69 Å². The van der Waals surface area contributed by atoms with Crippen molar-refractivity contribution in [1.29, 1.82) is 0 Å². The van der Waals surface area contributed by atoms with Gasteiger partial charge in [-0.05, 0) is 30.0 Å². The molecule has 0 aliphatic carbocycles. The zero-order valence-corrected chi connectivity index (χ0v) is 17.7. The van der Waals surface area contributed by atoms with Crippen molar-refractivity contribution >= 4 is 33.4 Å². The fraction of sp³-hybridized carbons (Fsp3) is 0.350. The summed E-state index contributed by atoms with van der Waals surface area (Å²) in [4.78, 5) is 14.8. The number of nitrogens with one attached hydrogen (secondary N) is 1. The molecule has 1 aliphatic heterocycles. The van der Waals surface area contributed by atoms with E-state index in [4.69, 9.17) is 0 Å². The summed E-state index contributed by atoms with van der Waals surface area (Å²) in [6.45, 7) is 4.52. The highest BCUT2D eigenvalue weighted by Crippen LogP contribution is 2.29. The number of anilines is 1. The Hall–Kier alpha value is -1.87. The number of carbonyl (C=O) groups excluding carboxylic acids is 1. The zero-order valence-electron chi connectivity index (χ0n) is 16.1. The van der Waals surface area contributed by atoms with Gasteiger partial charge in [-0.15, -0.1) is 11.8 Å². The molecule has 28 heavy (non-hydrogen) atoms. The topological polar surface area (TPSA) is 69.7 Å². The number of thioether (sulfide) groups is 1. The van der Waals surface area contributed by atoms with Gasteiger partial charge in [0.05, 0.1) is 10.6 Å². The third kappa shape index (κ3) is 4.94. The number of benzene rings is 2. The van der Waals surface area contributed by atoms with Crippen molar-refractivity contribution < 1.29 is 13.2 Å². The Kier molecular flexibility index (Phi) is 6.77. The number of carbonyl (C=O) groups is 1. The van der Waals surface area contributed by atoms with Gasteiger partial charge in [0.1, 0.15) is 0 Å². The number of amides is 1. The van der Waals surface area contributed by atoms with Crippen molar-refractivity contribution in [3.63, 3.8) is 0 Å². The molecular formula is C20H25N3O3S2. The Balaban J connectivity index is 1.71. The van der Waals surface area contributed by atoms with Crippen LogP contribution in [0.25, 0.3) is 0 Å². The summed E-state index contributed by atoms with van der Waals surface area (Å²) in [6.07, 6.45) is 1.89. The van der Waals surface area contributed by atoms with E-state index in [1.54, 1.807) is 18.2 Å². The molecule has 0 spiro atoms. The normalized spacial score (nSPS) is 16.1. The van der Waals surface area contributed by atoms with Crippen LogP contribution in [-0.2, 0) is 21.4 Å². The average Bonchev–Trinajstić information content (AvgIpc) is 2.68. The first-order valence-corrected chi connectivity index (χ1v) is 11.8. The minimum absolute atomic E-state index is 0.213. The fourth-order valence-electron chi connectivity index (χ4n) is 3.25. The first kappa shape index (κ1) is 20.9. The molecule has 0 radical (unpaired) electrons. The molecular weight excluding hydrogens is 394 g/mol. The predicted molar refractivity (Wildman–Crippen MR) is 113 cm³/mol. The molecule has 1 heterocycles. The van der Waals surface area contributed by atoms with Gasteiger partial charge in [-0.1, -0.05) is 30.3 Å². The molecule has 0 unspecified atom stereocenters. The molecule has 0 aromatic heterocycles. The lowest BCUT2D eigenvalue weighted by Crippen LogP contribution is -2.48. The molecule has 2 aromatic rings. The van der Waals surface area contributed by atoms with E-state index in [-0.39, 0.29) is 10.8 Å². The fourth-order valence-corrected chi connectivity index (χ4v) is 5.24. The molecule has 1 fully saturated rings. The van der Waals surface area contributed by atoms with Crippen LogP contribution in [0.1, 0.15) is 12.5 Å². The molecule has 1 N–H and O–H groups in total. The number of rotatable bonds is 6. The Morgan fingerprint density at radius 2 is 1.75 bits per heavy atom. The second kappa shape index (κ2) is 9.09. The summed E-state index contributed by atoms with van der Waals surface area (Å²) >= 11 is 1.46. The Morgan fingerprint density at radius 3 is 2.36 bits per heavy atom. The number of sulfonamides is 1. The van der Waals surface area contributed by atoms with E-state index in [0.29, 0.717) is 31.9 Å². The molecule has 0 bridgehead atoms.